The van der Waals surface area contributed by atoms with Crippen LogP contribution < -0.4 is 5.43 Å². The normalized spacial score (nSPS) is 10.9. The van der Waals surface area contributed by atoms with Crippen LogP contribution >= 0.6 is 0 Å². The Hall–Kier alpha value is -3.13. The summed E-state index contributed by atoms with van der Waals surface area (Å²) in [6.45, 7) is 1.80. The molecule has 0 atom stereocenters. The Morgan fingerprint density at radius 3 is 2.04 bits per heavy atom. The van der Waals surface area contributed by atoms with Crippen molar-refractivity contribution in [3.8, 4) is 22.3 Å². The van der Waals surface area contributed by atoms with Crippen LogP contribution in [0, 0.1) is 6.92 Å². The third-order valence-corrected chi connectivity index (χ3v) is 4.17. The molecule has 0 radical (unpaired) electrons. The van der Waals surface area contributed by atoms with E-state index < -0.39 is 0 Å². The minimum atomic E-state index is -0.00890. The van der Waals surface area contributed by atoms with E-state index in [-0.39, 0.29) is 5.43 Å². The van der Waals surface area contributed by atoms with E-state index in [2.05, 4.69) is 12.1 Å². The summed E-state index contributed by atoms with van der Waals surface area (Å²) >= 11 is 0. The van der Waals surface area contributed by atoms with Gasteiger partial charge in [0.15, 0.2) is 5.43 Å². The highest BCUT2D eigenvalue weighted by molar-refractivity contribution is 6.02. The molecule has 2 heteroatoms. The fraction of sp³-hybridized carbons (Fsp3) is 0.0455. The van der Waals surface area contributed by atoms with Crippen LogP contribution in [0.25, 0.3) is 33.2 Å². The molecule has 1 aromatic heterocycles. The highest BCUT2D eigenvalue weighted by atomic mass is 16.3. The number of fused-ring (bicyclic) bond motifs is 1. The molecule has 1 heterocycles. The van der Waals surface area contributed by atoms with Crippen LogP contribution in [0.4, 0.5) is 0 Å². The second kappa shape index (κ2) is 5.82. The van der Waals surface area contributed by atoms with E-state index >= 15 is 0 Å². The summed E-state index contributed by atoms with van der Waals surface area (Å²) in [6, 6.07) is 25.6. The van der Waals surface area contributed by atoms with Crippen molar-refractivity contribution in [3.05, 3.63) is 94.8 Å². The van der Waals surface area contributed by atoms with Gasteiger partial charge in [-0.15, -0.1) is 0 Å². The number of aryl methyl sites for hydroxylation is 1. The Balaban J connectivity index is 2.16. The quantitative estimate of drug-likeness (QED) is 0.493. The molecule has 0 bridgehead atoms. The number of benzene rings is 3. The van der Waals surface area contributed by atoms with E-state index in [1.807, 2.05) is 60.7 Å². The van der Waals surface area contributed by atoms with Gasteiger partial charge in [-0.3, -0.25) is 4.79 Å². The smallest absolute Gasteiger partial charge is 0.193 e. The summed E-state index contributed by atoms with van der Waals surface area (Å²) in [5.74, 6) is 0.624. The number of hydrogen-bond donors (Lipinski definition) is 0. The zero-order valence-corrected chi connectivity index (χ0v) is 13.3. The average molecular weight is 312 g/mol. The Labute approximate surface area is 140 Å². The zero-order valence-electron chi connectivity index (χ0n) is 13.3. The lowest BCUT2D eigenvalue weighted by molar-refractivity contribution is 0.565. The van der Waals surface area contributed by atoms with E-state index in [0.717, 1.165) is 22.3 Å². The van der Waals surface area contributed by atoms with Gasteiger partial charge >= 0.3 is 0 Å². The minimum absolute atomic E-state index is 0.00890. The van der Waals surface area contributed by atoms with E-state index in [1.165, 1.54) is 0 Å². The highest BCUT2D eigenvalue weighted by Gasteiger charge is 2.15. The third kappa shape index (κ3) is 2.42. The van der Waals surface area contributed by atoms with E-state index in [4.69, 9.17) is 4.42 Å². The molecule has 0 amide bonds. The lowest BCUT2D eigenvalue weighted by Gasteiger charge is -2.13. The van der Waals surface area contributed by atoms with Crippen LogP contribution in [0.15, 0.2) is 88.1 Å². The van der Waals surface area contributed by atoms with Crippen LogP contribution in [-0.4, -0.2) is 0 Å². The van der Waals surface area contributed by atoms with Crippen LogP contribution in [0.5, 0.6) is 0 Å². The van der Waals surface area contributed by atoms with Gasteiger partial charge in [-0.25, -0.2) is 0 Å². The summed E-state index contributed by atoms with van der Waals surface area (Å²) in [5, 5.41) is 0.633. The maximum atomic E-state index is 12.7. The molecule has 2 nitrogen and oxygen atoms in total. The van der Waals surface area contributed by atoms with E-state index in [9.17, 15) is 4.79 Å². The molecule has 0 N–H and O–H groups in total. The highest BCUT2D eigenvalue weighted by Crippen LogP contribution is 2.36. The lowest BCUT2D eigenvalue weighted by Crippen LogP contribution is -2.03. The van der Waals surface area contributed by atoms with Crippen LogP contribution in [0.2, 0.25) is 0 Å². The average Bonchev–Trinajstić information content (AvgIpc) is 2.62. The van der Waals surface area contributed by atoms with E-state index in [1.54, 1.807) is 13.0 Å². The maximum absolute atomic E-state index is 12.7. The van der Waals surface area contributed by atoms with E-state index in [0.29, 0.717) is 16.7 Å². The summed E-state index contributed by atoms with van der Waals surface area (Å²) in [4.78, 5) is 12.7. The minimum Gasteiger partial charge on any atom is -0.461 e. The molecular formula is C22H16O2. The summed E-state index contributed by atoms with van der Waals surface area (Å²) in [6.07, 6.45) is 0. The summed E-state index contributed by atoms with van der Waals surface area (Å²) in [5.41, 5.74) is 4.67. The topological polar surface area (TPSA) is 30.2 Å². The maximum Gasteiger partial charge on any atom is 0.193 e. The molecule has 24 heavy (non-hydrogen) atoms. The first-order valence-electron chi connectivity index (χ1n) is 7.92. The molecule has 0 spiro atoms. The zero-order chi connectivity index (χ0) is 16.5. The van der Waals surface area contributed by atoms with Crippen molar-refractivity contribution in [3.63, 3.8) is 0 Å². The SMILES string of the molecule is Cc1cc(=O)c2c(-c3ccccc3)c(-c3ccccc3)ccc2o1. The number of hydrogen-bond acceptors (Lipinski definition) is 2. The second-order valence-corrected chi connectivity index (χ2v) is 5.81. The molecule has 0 aliphatic rings. The Kier molecular flexibility index (Phi) is 3.51. The van der Waals surface area contributed by atoms with Crippen molar-refractivity contribution in [1.29, 1.82) is 0 Å². The third-order valence-electron chi connectivity index (χ3n) is 4.17. The van der Waals surface area contributed by atoms with Crippen molar-refractivity contribution >= 4 is 11.0 Å². The molecule has 0 saturated carbocycles. The van der Waals surface area contributed by atoms with Crippen LogP contribution in [-0.2, 0) is 0 Å². The van der Waals surface area contributed by atoms with Gasteiger partial charge in [0, 0.05) is 11.6 Å². The van der Waals surface area contributed by atoms with Crippen molar-refractivity contribution in [2.24, 2.45) is 0 Å². The van der Waals surface area contributed by atoms with Crippen molar-refractivity contribution < 1.29 is 4.42 Å². The van der Waals surface area contributed by atoms with Crippen LogP contribution in [0.3, 0.4) is 0 Å². The fourth-order valence-electron chi connectivity index (χ4n) is 3.14. The number of rotatable bonds is 2. The monoisotopic (exact) mass is 312 g/mol. The first kappa shape index (κ1) is 14.5. The Morgan fingerprint density at radius 1 is 0.750 bits per heavy atom. The fourth-order valence-corrected chi connectivity index (χ4v) is 3.14. The predicted octanol–water partition coefficient (Wildman–Crippen LogP) is 5.44. The lowest BCUT2D eigenvalue weighted by atomic mass is 9.91. The van der Waals surface area contributed by atoms with Gasteiger partial charge in [0.25, 0.3) is 0 Å². The Morgan fingerprint density at radius 2 is 1.38 bits per heavy atom. The van der Waals surface area contributed by atoms with Gasteiger partial charge < -0.3 is 4.42 Å². The van der Waals surface area contributed by atoms with Gasteiger partial charge in [-0.2, -0.15) is 0 Å². The van der Waals surface area contributed by atoms with Gasteiger partial charge in [-0.1, -0.05) is 66.7 Å². The molecule has 0 aliphatic carbocycles. The van der Waals surface area contributed by atoms with Gasteiger partial charge in [0.1, 0.15) is 11.3 Å². The van der Waals surface area contributed by atoms with Gasteiger partial charge in [-0.05, 0) is 29.7 Å². The second-order valence-electron chi connectivity index (χ2n) is 5.81. The molecule has 0 unspecified atom stereocenters. The molecule has 4 aromatic rings. The first-order valence-corrected chi connectivity index (χ1v) is 7.92. The molecule has 0 saturated heterocycles. The summed E-state index contributed by atoms with van der Waals surface area (Å²) < 4.78 is 5.80. The van der Waals surface area contributed by atoms with Crippen molar-refractivity contribution in [1.82, 2.24) is 0 Å². The molecule has 0 fully saturated rings. The summed E-state index contributed by atoms with van der Waals surface area (Å²) in [7, 11) is 0. The molecular weight excluding hydrogens is 296 g/mol. The van der Waals surface area contributed by atoms with Gasteiger partial charge in [0.05, 0.1) is 5.39 Å². The van der Waals surface area contributed by atoms with Crippen molar-refractivity contribution in [2.75, 3.05) is 0 Å². The molecule has 4 rings (SSSR count). The predicted molar refractivity (Wildman–Crippen MR) is 98.1 cm³/mol. The van der Waals surface area contributed by atoms with Gasteiger partial charge in [0.2, 0.25) is 0 Å². The first-order chi connectivity index (χ1) is 11.7. The van der Waals surface area contributed by atoms with Crippen LogP contribution in [0.1, 0.15) is 5.76 Å². The van der Waals surface area contributed by atoms with Crippen molar-refractivity contribution in [2.45, 2.75) is 6.92 Å². The molecule has 3 aromatic carbocycles. The molecule has 116 valence electrons. The Bertz CT molecular complexity index is 1060. The standard InChI is InChI=1S/C22H16O2/c1-15-14-19(23)22-20(24-15)13-12-18(16-8-4-2-5-9-16)21(22)17-10-6-3-7-11-17/h2-14H,1H3. The molecule has 0 aliphatic heterocycles. The largest absolute Gasteiger partial charge is 0.461 e.